The Bertz CT molecular complexity index is 145. The lowest BCUT2D eigenvalue weighted by molar-refractivity contribution is -0.163. The van der Waals surface area contributed by atoms with Crippen LogP contribution >= 0.6 is 0 Å². The number of alkyl halides is 1. The number of hydrogen-bond acceptors (Lipinski definition) is 2. The molecule has 0 aliphatic heterocycles. The molecule has 4 heteroatoms. The molecule has 0 heterocycles. The van der Waals surface area contributed by atoms with Crippen LogP contribution in [-0.4, -0.2) is 24.0 Å². The van der Waals surface area contributed by atoms with Gasteiger partial charge in [-0.1, -0.05) is 12.8 Å². The maximum Gasteiger partial charge on any atom is 0.366 e. The van der Waals surface area contributed by atoms with Crippen molar-refractivity contribution in [2.24, 2.45) is 5.92 Å². The van der Waals surface area contributed by atoms with Crippen molar-refractivity contribution in [3.8, 4) is 0 Å². The smallest absolute Gasteiger partial charge is 0.366 e. The number of aliphatic carboxylic acids is 1. The van der Waals surface area contributed by atoms with Gasteiger partial charge in [-0.2, -0.15) is 0 Å². The third-order valence-electron chi connectivity index (χ3n) is 1.68. The Labute approximate surface area is 64.2 Å². The molecule has 0 aromatic carbocycles. The van der Waals surface area contributed by atoms with E-state index in [2.05, 4.69) is 4.74 Å². The van der Waals surface area contributed by atoms with Crippen LogP contribution in [0.25, 0.3) is 0 Å². The second-order valence-electron chi connectivity index (χ2n) is 2.76. The molecule has 0 aromatic heterocycles. The molecule has 1 unspecified atom stereocenters. The van der Waals surface area contributed by atoms with E-state index in [9.17, 15) is 9.18 Å². The van der Waals surface area contributed by atoms with Crippen LogP contribution in [0.3, 0.4) is 0 Å². The summed E-state index contributed by atoms with van der Waals surface area (Å²) in [6.07, 6.45) is 0.989. The van der Waals surface area contributed by atoms with E-state index in [0.29, 0.717) is 5.92 Å². The summed E-state index contributed by atoms with van der Waals surface area (Å²) >= 11 is 0. The Morgan fingerprint density at radius 2 is 2.36 bits per heavy atom. The predicted octanol–water partition coefficient (Wildman–Crippen LogP) is 1.18. The second kappa shape index (κ2) is 3.67. The van der Waals surface area contributed by atoms with Crippen LogP contribution in [0.2, 0.25) is 0 Å². The molecule has 1 saturated carbocycles. The van der Waals surface area contributed by atoms with E-state index >= 15 is 0 Å². The summed E-state index contributed by atoms with van der Waals surface area (Å²) in [5.41, 5.74) is 0. The van der Waals surface area contributed by atoms with Crippen molar-refractivity contribution in [1.29, 1.82) is 0 Å². The Hall–Kier alpha value is -0.640. The van der Waals surface area contributed by atoms with Gasteiger partial charge in [0.05, 0.1) is 6.61 Å². The number of rotatable bonds is 5. The van der Waals surface area contributed by atoms with Crippen LogP contribution in [0.5, 0.6) is 0 Å². The van der Waals surface area contributed by atoms with E-state index in [1.54, 1.807) is 0 Å². The summed E-state index contributed by atoms with van der Waals surface area (Å²) in [6, 6.07) is 0. The number of carboxylic acids is 1. The molecular formula is C7H11FO3. The minimum Gasteiger partial charge on any atom is -0.477 e. The van der Waals surface area contributed by atoms with E-state index in [-0.39, 0.29) is 6.61 Å². The van der Waals surface area contributed by atoms with Gasteiger partial charge in [-0.3, -0.25) is 0 Å². The lowest BCUT2D eigenvalue weighted by atomic mass is 10.3. The largest absolute Gasteiger partial charge is 0.477 e. The van der Waals surface area contributed by atoms with E-state index in [0.717, 1.165) is 6.42 Å². The summed E-state index contributed by atoms with van der Waals surface area (Å²) in [4.78, 5) is 9.89. The van der Waals surface area contributed by atoms with Crippen molar-refractivity contribution in [1.82, 2.24) is 0 Å². The lowest BCUT2D eigenvalue weighted by Crippen LogP contribution is -2.18. The van der Waals surface area contributed by atoms with Crippen LogP contribution < -0.4 is 0 Å². The molecule has 1 rings (SSSR count). The van der Waals surface area contributed by atoms with E-state index < -0.39 is 12.3 Å². The SMILES string of the molecule is O=C(O)C(F)OCCC1CC1. The third kappa shape index (κ3) is 3.32. The third-order valence-corrected chi connectivity index (χ3v) is 1.68. The van der Waals surface area contributed by atoms with Gasteiger partial charge in [0.2, 0.25) is 0 Å². The normalized spacial score (nSPS) is 19.7. The molecule has 11 heavy (non-hydrogen) atoms. The molecule has 3 nitrogen and oxygen atoms in total. The average molecular weight is 162 g/mol. The van der Waals surface area contributed by atoms with Gasteiger partial charge >= 0.3 is 5.97 Å². The highest BCUT2D eigenvalue weighted by atomic mass is 19.1. The van der Waals surface area contributed by atoms with Gasteiger partial charge < -0.3 is 9.84 Å². The monoisotopic (exact) mass is 162 g/mol. The van der Waals surface area contributed by atoms with Crippen molar-refractivity contribution in [3.05, 3.63) is 0 Å². The van der Waals surface area contributed by atoms with Crippen molar-refractivity contribution in [3.63, 3.8) is 0 Å². The number of carbonyl (C=O) groups is 1. The zero-order valence-electron chi connectivity index (χ0n) is 6.12. The number of halogens is 1. The molecule has 0 amide bonds. The summed E-state index contributed by atoms with van der Waals surface area (Å²) in [6.45, 7) is 0.220. The van der Waals surface area contributed by atoms with Gasteiger partial charge in [0, 0.05) is 0 Å². The highest BCUT2D eigenvalue weighted by Gasteiger charge is 2.22. The molecule has 0 radical (unpaired) electrons. The molecule has 1 aliphatic rings. The van der Waals surface area contributed by atoms with Gasteiger partial charge in [-0.25, -0.2) is 9.18 Å². The van der Waals surface area contributed by atoms with Crippen molar-refractivity contribution >= 4 is 5.97 Å². The van der Waals surface area contributed by atoms with Crippen LogP contribution in [0, 0.1) is 5.92 Å². The molecule has 1 N–H and O–H groups in total. The highest BCUT2D eigenvalue weighted by Crippen LogP contribution is 2.32. The molecule has 1 atom stereocenters. The van der Waals surface area contributed by atoms with Gasteiger partial charge in [0.1, 0.15) is 0 Å². The van der Waals surface area contributed by atoms with Crippen LogP contribution in [-0.2, 0) is 9.53 Å². The summed E-state index contributed by atoms with van der Waals surface area (Å²) < 4.78 is 16.6. The minimum atomic E-state index is -2.14. The van der Waals surface area contributed by atoms with Crippen LogP contribution in [0.4, 0.5) is 4.39 Å². The van der Waals surface area contributed by atoms with Gasteiger partial charge in [0.15, 0.2) is 0 Å². The summed E-state index contributed by atoms with van der Waals surface area (Å²) in [5, 5.41) is 8.06. The standard InChI is InChI=1S/C7H11FO3/c8-6(7(9)10)11-4-3-5-1-2-5/h5-6H,1-4H2,(H,9,10). The number of hydrogen-bond donors (Lipinski definition) is 1. The Kier molecular flexibility index (Phi) is 2.82. The van der Waals surface area contributed by atoms with Gasteiger partial charge in [0.25, 0.3) is 6.36 Å². The first-order valence-corrected chi connectivity index (χ1v) is 3.68. The summed E-state index contributed by atoms with van der Waals surface area (Å²) in [5.74, 6) is -0.892. The first-order valence-electron chi connectivity index (χ1n) is 3.68. The first kappa shape index (κ1) is 8.46. The molecule has 0 saturated heterocycles. The van der Waals surface area contributed by atoms with Gasteiger partial charge in [-0.05, 0) is 12.3 Å². The first-order chi connectivity index (χ1) is 5.20. The fourth-order valence-corrected chi connectivity index (χ4v) is 0.816. The van der Waals surface area contributed by atoms with Crippen LogP contribution in [0.15, 0.2) is 0 Å². The quantitative estimate of drug-likeness (QED) is 0.660. The molecule has 64 valence electrons. The van der Waals surface area contributed by atoms with Crippen LogP contribution in [0.1, 0.15) is 19.3 Å². The maximum atomic E-state index is 12.2. The number of ether oxygens (including phenoxy) is 1. The van der Waals surface area contributed by atoms with Crippen molar-refractivity contribution in [2.45, 2.75) is 25.6 Å². The predicted molar refractivity (Wildman–Crippen MR) is 35.8 cm³/mol. The second-order valence-corrected chi connectivity index (χ2v) is 2.76. The van der Waals surface area contributed by atoms with Crippen molar-refractivity contribution < 1.29 is 19.0 Å². The Morgan fingerprint density at radius 3 is 2.82 bits per heavy atom. The zero-order valence-corrected chi connectivity index (χ0v) is 6.12. The van der Waals surface area contributed by atoms with Crippen molar-refractivity contribution in [2.75, 3.05) is 6.61 Å². The van der Waals surface area contributed by atoms with E-state index in [1.807, 2.05) is 0 Å². The van der Waals surface area contributed by atoms with Gasteiger partial charge in [-0.15, -0.1) is 0 Å². The molecule has 1 fully saturated rings. The molecule has 0 bridgehead atoms. The molecule has 1 aliphatic carbocycles. The Morgan fingerprint density at radius 1 is 1.73 bits per heavy atom. The van der Waals surface area contributed by atoms with E-state index in [4.69, 9.17) is 5.11 Å². The lowest BCUT2D eigenvalue weighted by Gasteiger charge is -2.03. The Balaban J connectivity index is 1.96. The fourth-order valence-electron chi connectivity index (χ4n) is 0.816. The average Bonchev–Trinajstić information content (AvgIpc) is 2.71. The molecule has 0 aromatic rings. The zero-order chi connectivity index (χ0) is 8.27. The minimum absolute atomic E-state index is 0.220. The molecular weight excluding hydrogens is 151 g/mol. The summed E-state index contributed by atoms with van der Waals surface area (Å²) in [7, 11) is 0. The molecule has 0 spiro atoms. The fraction of sp³-hybridized carbons (Fsp3) is 0.857. The van der Waals surface area contributed by atoms with E-state index in [1.165, 1.54) is 12.8 Å². The highest BCUT2D eigenvalue weighted by molar-refractivity contribution is 5.70. The maximum absolute atomic E-state index is 12.2. The number of carboxylic acid groups (broad SMARTS) is 1. The topological polar surface area (TPSA) is 46.5 Å².